The van der Waals surface area contributed by atoms with Crippen LogP contribution in [0.25, 0.3) is 0 Å². The fraction of sp³-hybridized carbons (Fsp3) is 0.619. The average Bonchev–Trinajstić information content (AvgIpc) is 2.75. The summed E-state index contributed by atoms with van der Waals surface area (Å²) in [6.45, 7) is 4.66. The molecule has 0 aliphatic carbocycles. The number of hydrogen-bond donors (Lipinski definition) is 1. The van der Waals surface area contributed by atoms with Crippen LogP contribution in [0.2, 0.25) is 0 Å². The van der Waals surface area contributed by atoms with E-state index in [-0.39, 0.29) is 17.9 Å². The molecule has 6 nitrogen and oxygen atoms in total. The van der Waals surface area contributed by atoms with Crippen LogP contribution in [-0.4, -0.2) is 73.6 Å². The smallest absolute Gasteiger partial charge is 0.236 e. The van der Waals surface area contributed by atoms with E-state index >= 15 is 0 Å². The van der Waals surface area contributed by atoms with Crippen LogP contribution in [0.5, 0.6) is 0 Å². The van der Waals surface area contributed by atoms with E-state index in [1.165, 1.54) is 0 Å². The molecule has 2 amide bonds. The molecule has 1 unspecified atom stereocenters. The first-order valence-corrected chi connectivity index (χ1v) is 10.1. The number of piperidine rings is 1. The number of piperazine rings is 1. The number of carbonyl (C=O) groups is 2. The summed E-state index contributed by atoms with van der Waals surface area (Å²) in [7, 11) is 0. The van der Waals surface area contributed by atoms with Gasteiger partial charge in [0.25, 0.3) is 0 Å². The molecule has 3 aliphatic heterocycles. The van der Waals surface area contributed by atoms with Gasteiger partial charge in [-0.05, 0) is 31.2 Å². The van der Waals surface area contributed by atoms with E-state index < -0.39 is 5.41 Å². The maximum absolute atomic E-state index is 13.7. The molecule has 0 saturated carbocycles. The van der Waals surface area contributed by atoms with Gasteiger partial charge >= 0.3 is 0 Å². The van der Waals surface area contributed by atoms with Crippen LogP contribution in [-0.2, 0) is 19.7 Å². The van der Waals surface area contributed by atoms with Crippen LogP contribution < -0.4 is 5.32 Å². The van der Waals surface area contributed by atoms with Crippen molar-refractivity contribution in [3.05, 3.63) is 35.9 Å². The van der Waals surface area contributed by atoms with Gasteiger partial charge in [-0.2, -0.15) is 0 Å². The zero-order valence-electron chi connectivity index (χ0n) is 15.9. The first-order chi connectivity index (χ1) is 13.2. The molecule has 1 aromatic rings. The maximum Gasteiger partial charge on any atom is 0.236 e. The molecule has 1 N–H and O–H groups in total. The van der Waals surface area contributed by atoms with Gasteiger partial charge in [-0.25, -0.2) is 0 Å². The van der Waals surface area contributed by atoms with Gasteiger partial charge < -0.3 is 19.9 Å². The standard InChI is InChI=1S/C21H29N3O3/c25-19-15-22-10-12-24(19)18-7-4-11-23(16-18)20(26)21(8-13-27-14-9-21)17-5-2-1-3-6-17/h1-3,5-6,18,22H,4,7-16H2. The van der Waals surface area contributed by atoms with E-state index in [1.54, 1.807) is 0 Å². The van der Waals surface area contributed by atoms with E-state index in [0.717, 1.165) is 50.9 Å². The molecule has 3 fully saturated rings. The second kappa shape index (κ2) is 7.98. The molecule has 27 heavy (non-hydrogen) atoms. The summed E-state index contributed by atoms with van der Waals surface area (Å²) >= 11 is 0. The van der Waals surface area contributed by atoms with Crippen molar-refractivity contribution >= 4 is 11.8 Å². The lowest BCUT2D eigenvalue weighted by Gasteiger charge is -2.45. The summed E-state index contributed by atoms with van der Waals surface area (Å²) in [4.78, 5) is 30.0. The molecule has 0 aromatic heterocycles. The lowest BCUT2D eigenvalue weighted by Crippen LogP contribution is -2.59. The molecule has 0 radical (unpaired) electrons. The zero-order chi connectivity index (χ0) is 18.7. The Labute approximate surface area is 160 Å². The molecular weight excluding hydrogens is 342 g/mol. The molecule has 1 atom stereocenters. The van der Waals surface area contributed by atoms with Gasteiger partial charge in [-0.3, -0.25) is 9.59 Å². The Morgan fingerprint density at radius 2 is 1.93 bits per heavy atom. The van der Waals surface area contributed by atoms with Gasteiger partial charge in [0.15, 0.2) is 0 Å². The van der Waals surface area contributed by atoms with Crippen molar-refractivity contribution in [3.63, 3.8) is 0 Å². The second-order valence-electron chi connectivity index (χ2n) is 7.87. The fourth-order valence-corrected chi connectivity index (χ4v) is 4.81. The monoisotopic (exact) mass is 371 g/mol. The third-order valence-electron chi connectivity index (χ3n) is 6.33. The molecule has 0 bridgehead atoms. The Morgan fingerprint density at radius 1 is 1.15 bits per heavy atom. The van der Waals surface area contributed by atoms with Crippen molar-refractivity contribution < 1.29 is 14.3 Å². The predicted octanol–water partition coefficient (Wildman–Crippen LogP) is 1.16. The molecule has 3 saturated heterocycles. The summed E-state index contributed by atoms with van der Waals surface area (Å²) in [5.74, 6) is 0.369. The van der Waals surface area contributed by atoms with Gasteiger partial charge in [-0.1, -0.05) is 30.3 Å². The number of benzene rings is 1. The number of amides is 2. The summed E-state index contributed by atoms with van der Waals surface area (Å²) in [6, 6.07) is 10.3. The highest BCUT2D eigenvalue weighted by molar-refractivity contribution is 5.88. The largest absolute Gasteiger partial charge is 0.381 e. The average molecular weight is 371 g/mol. The van der Waals surface area contributed by atoms with Gasteiger partial charge in [0.05, 0.1) is 12.0 Å². The Bertz CT molecular complexity index is 673. The molecule has 4 rings (SSSR count). The topological polar surface area (TPSA) is 61.9 Å². The van der Waals surface area contributed by atoms with Crippen LogP contribution >= 0.6 is 0 Å². The summed E-state index contributed by atoms with van der Waals surface area (Å²) in [5.41, 5.74) is 0.605. The van der Waals surface area contributed by atoms with Crippen molar-refractivity contribution in [1.82, 2.24) is 15.1 Å². The third-order valence-corrected chi connectivity index (χ3v) is 6.33. The minimum atomic E-state index is -0.491. The lowest BCUT2D eigenvalue weighted by atomic mass is 9.72. The van der Waals surface area contributed by atoms with E-state index in [2.05, 4.69) is 17.4 Å². The molecular formula is C21H29N3O3. The molecule has 6 heteroatoms. The molecule has 3 heterocycles. The zero-order valence-corrected chi connectivity index (χ0v) is 15.9. The Balaban J connectivity index is 1.55. The Kier molecular flexibility index (Phi) is 5.45. The quantitative estimate of drug-likeness (QED) is 0.866. The number of likely N-dealkylation sites (tertiary alicyclic amines) is 1. The van der Waals surface area contributed by atoms with Crippen molar-refractivity contribution in [3.8, 4) is 0 Å². The van der Waals surface area contributed by atoms with E-state index in [4.69, 9.17) is 4.74 Å². The van der Waals surface area contributed by atoms with Gasteiger partial charge in [0.1, 0.15) is 0 Å². The minimum Gasteiger partial charge on any atom is -0.381 e. The molecule has 146 valence electrons. The number of hydrogen-bond acceptors (Lipinski definition) is 4. The highest BCUT2D eigenvalue weighted by Gasteiger charge is 2.45. The summed E-state index contributed by atoms with van der Waals surface area (Å²) in [6.07, 6.45) is 3.39. The van der Waals surface area contributed by atoms with Crippen molar-refractivity contribution in [2.75, 3.05) is 45.9 Å². The van der Waals surface area contributed by atoms with E-state index in [9.17, 15) is 9.59 Å². The lowest BCUT2D eigenvalue weighted by molar-refractivity contribution is -0.146. The van der Waals surface area contributed by atoms with Crippen LogP contribution in [0.3, 0.4) is 0 Å². The minimum absolute atomic E-state index is 0.143. The van der Waals surface area contributed by atoms with Gasteiger partial charge in [0.2, 0.25) is 11.8 Å². The number of rotatable bonds is 3. The number of carbonyl (C=O) groups excluding carboxylic acids is 2. The third kappa shape index (κ3) is 3.60. The van der Waals surface area contributed by atoms with Crippen LogP contribution in [0.1, 0.15) is 31.2 Å². The SMILES string of the molecule is O=C1CNCCN1C1CCCN(C(=O)C2(c3ccccc3)CCOCC2)C1. The number of ether oxygens (including phenoxy) is 1. The summed E-state index contributed by atoms with van der Waals surface area (Å²) < 4.78 is 5.58. The first-order valence-electron chi connectivity index (χ1n) is 10.1. The van der Waals surface area contributed by atoms with Crippen LogP contribution in [0, 0.1) is 0 Å². The van der Waals surface area contributed by atoms with Crippen molar-refractivity contribution in [2.45, 2.75) is 37.1 Å². The van der Waals surface area contributed by atoms with Gasteiger partial charge in [0, 0.05) is 45.4 Å². The Hall–Kier alpha value is -1.92. The fourth-order valence-electron chi connectivity index (χ4n) is 4.81. The van der Waals surface area contributed by atoms with Crippen LogP contribution in [0.4, 0.5) is 0 Å². The van der Waals surface area contributed by atoms with E-state index in [1.807, 2.05) is 28.0 Å². The molecule has 0 spiro atoms. The predicted molar refractivity (Wildman–Crippen MR) is 102 cm³/mol. The number of nitrogens with one attached hydrogen (secondary N) is 1. The van der Waals surface area contributed by atoms with Crippen LogP contribution in [0.15, 0.2) is 30.3 Å². The Morgan fingerprint density at radius 3 is 2.67 bits per heavy atom. The number of nitrogens with zero attached hydrogens (tertiary/aromatic N) is 2. The summed E-state index contributed by atoms with van der Waals surface area (Å²) in [5, 5.41) is 3.13. The molecule has 3 aliphatic rings. The second-order valence-corrected chi connectivity index (χ2v) is 7.87. The maximum atomic E-state index is 13.7. The highest BCUT2D eigenvalue weighted by atomic mass is 16.5. The van der Waals surface area contributed by atoms with Crippen molar-refractivity contribution in [2.24, 2.45) is 0 Å². The first kappa shape index (κ1) is 18.4. The molecule has 1 aromatic carbocycles. The van der Waals surface area contributed by atoms with Gasteiger partial charge in [-0.15, -0.1) is 0 Å². The highest BCUT2D eigenvalue weighted by Crippen LogP contribution is 2.37. The van der Waals surface area contributed by atoms with Crippen molar-refractivity contribution in [1.29, 1.82) is 0 Å². The van der Waals surface area contributed by atoms with E-state index in [0.29, 0.717) is 26.3 Å². The normalized spacial score (nSPS) is 26.1.